The number of amides is 1. The fourth-order valence-electron chi connectivity index (χ4n) is 5.51. The zero-order chi connectivity index (χ0) is 23.1. The Morgan fingerprint density at radius 1 is 0.939 bits per heavy atom. The number of methoxy groups -OCH3 is 1. The van der Waals surface area contributed by atoms with Crippen molar-refractivity contribution < 1.29 is 14.3 Å². The van der Waals surface area contributed by atoms with Crippen molar-refractivity contribution in [2.75, 3.05) is 25.1 Å². The number of carbonyl (C=O) groups is 2. The highest BCUT2D eigenvalue weighted by Crippen LogP contribution is 2.39. The fourth-order valence-corrected chi connectivity index (χ4v) is 5.51. The Labute approximate surface area is 197 Å². The van der Waals surface area contributed by atoms with Crippen molar-refractivity contribution in [2.45, 2.75) is 64.0 Å². The van der Waals surface area contributed by atoms with E-state index in [1.54, 1.807) is 0 Å². The van der Waals surface area contributed by atoms with E-state index in [1.807, 2.05) is 41.3 Å². The van der Waals surface area contributed by atoms with Gasteiger partial charge in [-0.15, -0.1) is 0 Å². The number of nitrogens with zero attached hydrogens (tertiary/aromatic N) is 2. The lowest BCUT2D eigenvalue weighted by atomic mass is 9.75. The minimum absolute atomic E-state index is 0.0509. The summed E-state index contributed by atoms with van der Waals surface area (Å²) in [5, 5.41) is 0. The van der Waals surface area contributed by atoms with Gasteiger partial charge in [-0.3, -0.25) is 14.5 Å². The van der Waals surface area contributed by atoms with Gasteiger partial charge < -0.3 is 9.64 Å². The summed E-state index contributed by atoms with van der Waals surface area (Å²) in [6.45, 7) is 2.43. The molecular formula is C28H36N2O3. The second-order valence-corrected chi connectivity index (χ2v) is 9.60. The van der Waals surface area contributed by atoms with Crippen LogP contribution in [0, 0.1) is 5.41 Å². The highest BCUT2D eigenvalue weighted by atomic mass is 16.5. The van der Waals surface area contributed by atoms with Gasteiger partial charge in [0.1, 0.15) is 0 Å². The molecule has 0 radical (unpaired) electrons. The largest absolute Gasteiger partial charge is 0.469 e. The van der Waals surface area contributed by atoms with Gasteiger partial charge in [0.2, 0.25) is 5.91 Å². The molecule has 5 heteroatoms. The second kappa shape index (κ2) is 11.0. The molecule has 33 heavy (non-hydrogen) atoms. The molecule has 1 heterocycles. The van der Waals surface area contributed by atoms with Crippen molar-refractivity contribution in [3.05, 3.63) is 66.2 Å². The molecule has 1 saturated carbocycles. The summed E-state index contributed by atoms with van der Waals surface area (Å²) in [5.41, 5.74) is 1.46. The van der Waals surface area contributed by atoms with Gasteiger partial charge in [-0.1, -0.05) is 67.8 Å². The molecule has 4 rings (SSSR count). The van der Waals surface area contributed by atoms with Crippen LogP contribution >= 0.6 is 0 Å². The summed E-state index contributed by atoms with van der Waals surface area (Å²) >= 11 is 0. The Balaban J connectivity index is 1.50. The van der Waals surface area contributed by atoms with Crippen LogP contribution in [0.4, 0.5) is 5.69 Å². The third kappa shape index (κ3) is 5.64. The lowest BCUT2D eigenvalue weighted by molar-refractivity contribution is -0.158. The number of benzene rings is 2. The summed E-state index contributed by atoms with van der Waals surface area (Å²) in [7, 11) is 1.45. The SMILES string of the molecule is COC(=O)C1(CC(=O)N(c2ccccc2)C2CCCCC2)CCN(Cc2ccccc2)CC1. The van der Waals surface area contributed by atoms with Gasteiger partial charge in [-0.25, -0.2) is 0 Å². The normalized spacial score (nSPS) is 19.1. The van der Waals surface area contributed by atoms with Gasteiger partial charge in [-0.2, -0.15) is 0 Å². The van der Waals surface area contributed by atoms with Gasteiger partial charge in [0.05, 0.1) is 12.5 Å². The topological polar surface area (TPSA) is 49.9 Å². The minimum atomic E-state index is -0.749. The molecule has 2 aromatic rings. The van der Waals surface area contributed by atoms with Crippen LogP contribution in [0.2, 0.25) is 0 Å². The summed E-state index contributed by atoms with van der Waals surface area (Å²) < 4.78 is 5.25. The number of likely N-dealkylation sites (tertiary alicyclic amines) is 1. The first-order valence-corrected chi connectivity index (χ1v) is 12.3. The molecule has 0 spiro atoms. The van der Waals surface area contributed by atoms with Crippen LogP contribution in [-0.4, -0.2) is 43.0 Å². The van der Waals surface area contributed by atoms with Crippen LogP contribution in [0.25, 0.3) is 0 Å². The Morgan fingerprint density at radius 3 is 2.15 bits per heavy atom. The number of esters is 1. The summed E-state index contributed by atoms with van der Waals surface area (Å²) in [4.78, 5) is 31.2. The molecule has 5 nitrogen and oxygen atoms in total. The Bertz CT molecular complexity index is 901. The van der Waals surface area contributed by atoms with E-state index in [-0.39, 0.29) is 24.3 Å². The highest BCUT2D eigenvalue weighted by molar-refractivity contribution is 5.97. The number of anilines is 1. The lowest BCUT2D eigenvalue weighted by Crippen LogP contribution is -2.49. The van der Waals surface area contributed by atoms with Crippen molar-refractivity contribution in [3.8, 4) is 0 Å². The van der Waals surface area contributed by atoms with E-state index in [4.69, 9.17) is 4.74 Å². The predicted molar refractivity (Wildman–Crippen MR) is 131 cm³/mol. The number of piperidine rings is 1. The average molecular weight is 449 g/mol. The summed E-state index contributed by atoms with van der Waals surface area (Å²) in [6.07, 6.45) is 7.08. The number of ether oxygens (including phenoxy) is 1. The maximum absolute atomic E-state index is 13.8. The molecule has 0 aromatic heterocycles. The number of hydrogen-bond donors (Lipinski definition) is 0. The quantitative estimate of drug-likeness (QED) is 0.547. The first-order valence-electron chi connectivity index (χ1n) is 12.3. The van der Waals surface area contributed by atoms with Gasteiger partial charge in [0.15, 0.2) is 0 Å². The molecule has 2 fully saturated rings. The number of para-hydroxylation sites is 1. The van der Waals surface area contributed by atoms with E-state index >= 15 is 0 Å². The Kier molecular flexibility index (Phi) is 7.81. The van der Waals surface area contributed by atoms with Crippen molar-refractivity contribution in [1.29, 1.82) is 0 Å². The van der Waals surface area contributed by atoms with E-state index in [9.17, 15) is 9.59 Å². The summed E-state index contributed by atoms with van der Waals surface area (Å²) in [5.74, 6) is -0.193. The summed E-state index contributed by atoms with van der Waals surface area (Å²) in [6, 6.07) is 20.6. The number of carbonyl (C=O) groups excluding carboxylic acids is 2. The van der Waals surface area contributed by atoms with E-state index < -0.39 is 5.41 Å². The minimum Gasteiger partial charge on any atom is -0.469 e. The average Bonchev–Trinajstić information content (AvgIpc) is 2.87. The second-order valence-electron chi connectivity index (χ2n) is 9.60. The van der Waals surface area contributed by atoms with Crippen molar-refractivity contribution in [2.24, 2.45) is 5.41 Å². The Morgan fingerprint density at radius 2 is 1.55 bits per heavy atom. The monoisotopic (exact) mass is 448 g/mol. The maximum atomic E-state index is 13.8. The third-order valence-electron chi connectivity index (χ3n) is 7.41. The molecule has 0 atom stereocenters. The lowest BCUT2D eigenvalue weighted by Gasteiger charge is -2.41. The molecular weight excluding hydrogens is 412 g/mol. The molecule has 2 aromatic carbocycles. The smallest absolute Gasteiger partial charge is 0.312 e. The molecule has 2 aliphatic rings. The van der Waals surface area contributed by atoms with Gasteiger partial charge in [0, 0.05) is 24.7 Å². The first-order chi connectivity index (χ1) is 16.1. The predicted octanol–water partition coefficient (Wildman–Crippen LogP) is 5.20. The van der Waals surface area contributed by atoms with Gasteiger partial charge in [-0.05, 0) is 56.5 Å². The van der Waals surface area contributed by atoms with Gasteiger partial charge in [0.25, 0.3) is 0 Å². The molecule has 176 valence electrons. The zero-order valence-corrected chi connectivity index (χ0v) is 19.7. The molecule has 0 N–H and O–H groups in total. The number of hydrogen-bond acceptors (Lipinski definition) is 4. The maximum Gasteiger partial charge on any atom is 0.312 e. The van der Waals surface area contributed by atoms with Crippen LogP contribution in [0.3, 0.4) is 0 Å². The molecule has 0 bridgehead atoms. The van der Waals surface area contributed by atoms with Crippen LogP contribution < -0.4 is 4.90 Å². The van der Waals surface area contributed by atoms with Gasteiger partial charge >= 0.3 is 5.97 Å². The van der Waals surface area contributed by atoms with E-state index in [0.717, 1.165) is 51.0 Å². The first kappa shape index (κ1) is 23.5. The standard InChI is InChI=1S/C28H36N2O3/c1-33-27(32)28(17-19-29(20-18-28)22-23-11-5-2-6-12-23)21-26(31)30(24-13-7-3-8-14-24)25-15-9-4-10-16-25/h2-3,5-8,11-14,25H,4,9-10,15-22H2,1H3. The Hall–Kier alpha value is -2.66. The van der Waals surface area contributed by atoms with Crippen molar-refractivity contribution >= 4 is 17.6 Å². The molecule has 1 amide bonds. The molecule has 1 aliphatic carbocycles. The van der Waals surface area contributed by atoms with E-state index in [1.165, 1.54) is 19.1 Å². The highest BCUT2D eigenvalue weighted by Gasteiger charge is 2.45. The van der Waals surface area contributed by atoms with E-state index in [0.29, 0.717) is 12.8 Å². The van der Waals surface area contributed by atoms with Crippen LogP contribution in [0.5, 0.6) is 0 Å². The van der Waals surface area contributed by atoms with Crippen LogP contribution in [-0.2, 0) is 20.9 Å². The number of rotatable bonds is 7. The van der Waals surface area contributed by atoms with Crippen LogP contribution in [0.1, 0.15) is 56.9 Å². The molecule has 0 unspecified atom stereocenters. The molecule has 1 aliphatic heterocycles. The zero-order valence-electron chi connectivity index (χ0n) is 19.7. The van der Waals surface area contributed by atoms with E-state index in [2.05, 4.69) is 29.2 Å². The van der Waals surface area contributed by atoms with Crippen LogP contribution in [0.15, 0.2) is 60.7 Å². The third-order valence-corrected chi connectivity index (χ3v) is 7.41. The van der Waals surface area contributed by atoms with Crippen molar-refractivity contribution in [1.82, 2.24) is 4.90 Å². The fraction of sp³-hybridized carbons (Fsp3) is 0.500. The molecule has 1 saturated heterocycles. The van der Waals surface area contributed by atoms with Crippen molar-refractivity contribution in [3.63, 3.8) is 0 Å².